The molecular weight excluding hydrogens is 538 g/mol. The lowest BCUT2D eigenvalue weighted by atomic mass is 10.0. The van der Waals surface area contributed by atoms with E-state index < -0.39 is 10.0 Å². The molecule has 9 nitrogen and oxygen atoms in total. The molecule has 0 atom stereocenters. The number of carbonyl (C=O) groups is 2. The zero-order valence-electron chi connectivity index (χ0n) is 22.3. The van der Waals surface area contributed by atoms with Crippen LogP contribution in [-0.4, -0.2) is 77.7 Å². The van der Waals surface area contributed by atoms with Crippen molar-refractivity contribution in [3.63, 3.8) is 0 Å². The van der Waals surface area contributed by atoms with Crippen molar-refractivity contribution in [2.45, 2.75) is 11.3 Å². The third-order valence-corrected chi connectivity index (χ3v) is 7.18. The van der Waals surface area contributed by atoms with Gasteiger partial charge in [-0.1, -0.05) is 48.0 Å². The van der Waals surface area contributed by atoms with Crippen LogP contribution in [0.1, 0.15) is 15.9 Å². The standard InChI is InChI=1S/C28H32ClN5O4S/c1-33(2)15-14-30-28(36)22-10-7-9-20(16-22)24-13-12-23(18-26(24)39(37,38)31-19-34(3)4)32-27(35)17-21-8-5-6-11-25(21)29/h5-13,16,18-19H,14-15,17H2,1-4H3,(H,30,36)(H,32,35). The summed E-state index contributed by atoms with van der Waals surface area (Å²) in [5, 5.41) is 6.07. The van der Waals surface area contributed by atoms with Gasteiger partial charge < -0.3 is 20.4 Å². The van der Waals surface area contributed by atoms with E-state index in [1.54, 1.807) is 74.8 Å². The van der Waals surface area contributed by atoms with Crippen molar-refractivity contribution in [2.75, 3.05) is 46.6 Å². The van der Waals surface area contributed by atoms with Crippen molar-refractivity contribution in [3.8, 4) is 11.1 Å². The number of nitrogens with zero attached hydrogens (tertiary/aromatic N) is 3. The molecule has 0 unspecified atom stereocenters. The lowest BCUT2D eigenvalue weighted by molar-refractivity contribution is -0.115. The Kier molecular flexibility index (Phi) is 10.2. The smallest absolute Gasteiger partial charge is 0.284 e. The van der Waals surface area contributed by atoms with Crippen LogP contribution in [0.3, 0.4) is 0 Å². The molecule has 206 valence electrons. The molecule has 11 heteroatoms. The second-order valence-electron chi connectivity index (χ2n) is 9.33. The maximum Gasteiger partial charge on any atom is 0.284 e. The van der Waals surface area contributed by atoms with E-state index >= 15 is 0 Å². The average Bonchev–Trinajstić information content (AvgIpc) is 2.88. The van der Waals surface area contributed by atoms with Crippen molar-refractivity contribution in [1.29, 1.82) is 0 Å². The topological polar surface area (TPSA) is 111 Å². The fraction of sp³-hybridized carbons (Fsp3) is 0.250. The first kappa shape index (κ1) is 29.8. The Morgan fingerprint density at radius 3 is 2.41 bits per heavy atom. The minimum absolute atomic E-state index is 0.0211. The number of hydrogen-bond donors (Lipinski definition) is 2. The van der Waals surface area contributed by atoms with Gasteiger partial charge in [0.2, 0.25) is 5.91 Å². The van der Waals surface area contributed by atoms with Crippen LogP contribution in [0.15, 0.2) is 76.0 Å². The highest BCUT2D eigenvalue weighted by Crippen LogP contribution is 2.32. The van der Waals surface area contributed by atoms with Crippen LogP contribution >= 0.6 is 11.6 Å². The van der Waals surface area contributed by atoms with Gasteiger partial charge in [0, 0.05) is 49.0 Å². The second-order valence-corrected chi connectivity index (χ2v) is 11.3. The number of carbonyl (C=O) groups excluding carboxylic acids is 2. The van der Waals surface area contributed by atoms with Gasteiger partial charge >= 0.3 is 0 Å². The highest BCUT2D eigenvalue weighted by molar-refractivity contribution is 7.90. The average molecular weight is 570 g/mol. The number of halogens is 1. The summed E-state index contributed by atoms with van der Waals surface area (Å²) in [5.74, 6) is -0.621. The number of likely N-dealkylation sites (N-methyl/N-ethyl adjacent to an activating group) is 1. The molecule has 0 spiro atoms. The third kappa shape index (κ3) is 8.64. The van der Waals surface area contributed by atoms with E-state index in [1.807, 2.05) is 19.0 Å². The Hall–Kier alpha value is -3.73. The van der Waals surface area contributed by atoms with E-state index in [1.165, 1.54) is 17.3 Å². The summed E-state index contributed by atoms with van der Waals surface area (Å²) in [4.78, 5) is 28.7. The molecule has 3 rings (SSSR count). The molecule has 0 fully saturated rings. The minimum Gasteiger partial charge on any atom is -0.368 e. The van der Waals surface area contributed by atoms with Gasteiger partial charge in [0.25, 0.3) is 15.9 Å². The molecule has 2 N–H and O–H groups in total. The summed E-state index contributed by atoms with van der Waals surface area (Å²) >= 11 is 6.17. The number of nitrogens with one attached hydrogen (secondary N) is 2. The fourth-order valence-electron chi connectivity index (χ4n) is 3.61. The van der Waals surface area contributed by atoms with Crippen molar-refractivity contribution >= 4 is 45.5 Å². The number of anilines is 1. The number of hydrogen-bond acceptors (Lipinski definition) is 5. The zero-order chi connectivity index (χ0) is 28.6. The molecule has 0 saturated carbocycles. The monoisotopic (exact) mass is 569 g/mol. The maximum absolute atomic E-state index is 13.3. The van der Waals surface area contributed by atoms with Crippen molar-refractivity contribution in [2.24, 2.45) is 4.40 Å². The fourth-order valence-corrected chi connectivity index (χ4v) is 4.98. The SMILES string of the molecule is CN(C)C=NS(=O)(=O)c1cc(NC(=O)Cc2ccccc2Cl)ccc1-c1cccc(C(=O)NCCN(C)C)c1. The predicted molar refractivity (Wildman–Crippen MR) is 156 cm³/mol. The Balaban J connectivity index is 1.96. The molecular formula is C28H32ClN5O4S. The molecule has 39 heavy (non-hydrogen) atoms. The Morgan fingerprint density at radius 1 is 0.974 bits per heavy atom. The Labute approximate surface area is 234 Å². The molecule has 0 aliphatic heterocycles. The largest absolute Gasteiger partial charge is 0.368 e. The van der Waals surface area contributed by atoms with E-state index in [4.69, 9.17) is 11.6 Å². The second kappa shape index (κ2) is 13.4. The lowest BCUT2D eigenvalue weighted by Gasteiger charge is -2.14. The molecule has 0 heterocycles. The van der Waals surface area contributed by atoms with Gasteiger partial charge in [-0.25, -0.2) is 0 Å². The number of benzene rings is 3. The molecule has 0 aliphatic carbocycles. The van der Waals surface area contributed by atoms with E-state index in [0.29, 0.717) is 40.4 Å². The molecule has 3 aromatic carbocycles. The normalized spacial score (nSPS) is 11.5. The van der Waals surface area contributed by atoms with Gasteiger partial charge in [0.05, 0.1) is 11.3 Å². The van der Waals surface area contributed by atoms with Crippen LogP contribution in [-0.2, 0) is 21.2 Å². The zero-order valence-corrected chi connectivity index (χ0v) is 23.9. The van der Waals surface area contributed by atoms with Gasteiger partial charge in [-0.05, 0) is 55.6 Å². The van der Waals surface area contributed by atoms with Crippen LogP contribution in [0.25, 0.3) is 11.1 Å². The number of rotatable bonds is 11. The van der Waals surface area contributed by atoms with E-state index in [0.717, 1.165) is 0 Å². The molecule has 0 aliphatic rings. The first-order valence-electron chi connectivity index (χ1n) is 12.1. The van der Waals surface area contributed by atoms with Crippen molar-refractivity contribution in [1.82, 2.24) is 15.1 Å². The van der Waals surface area contributed by atoms with Crippen LogP contribution in [0, 0.1) is 0 Å². The van der Waals surface area contributed by atoms with Gasteiger partial charge in [0.15, 0.2) is 0 Å². The van der Waals surface area contributed by atoms with Crippen LogP contribution in [0.2, 0.25) is 5.02 Å². The predicted octanol–water partition coefficient (Wildman–Crippen LogP) is 3.76. The van der Waals surface area contributed by atoms with Crippen LogP contribution in [0.5, 0.6) is 0 Å². The summed E-state index contributed by atoms with van der Waals surface area (Å²) in [5.41, 5.74) is 2.19. The Morgan fingerprint density at radius 2 is 1.72 bits per heavy atom. The van der Waals surface area contributed by atoms with Crippen molar-refractivity contribution in [3.05, 3.63) is 82.9 Å². The quantitative estimate of drug-likeness (QED) is 0.269. The van der Waals surface area contributed by atoms with Gasteiger partial charge in [-0.2, -0.15) is 8.42 Å². The molecule has 0 aromatic heterocycles. The van der Waals surface area contributed by atoms with E-state index in [2.05, 4.69) is 15.0 Å². The molecule has 2 amide bonds. The summed E-state index contributed by atoms with van der Waals surface area (Å²) in [7, 11) is 2.97. The first-order valence-corrected chi connectivity index (χ1v) is 14.0. The third-order valence-electron chi connectivity index (χ3n) is 5.55. The number of sulfonamides is 1. The van der Waals surface area contributed by atoms with Crippen LogP contribution < -0.4 is 10.6 Å². The van der Waals surface area contributed by atoms with Gasteiger partial charge in [-0.15, -0.1) is 4.40 Å². The molecule has 3 aromatic rings. The maximum atomic E-state index is 13.3. The van der Waals surface area contributed by atoms with Gasteiger partial charge in [0.1, 0.15) is 6.34 Å². The lowest BCUT2D eigenvalue weighted by Crippen LogP contribution is -2.31. The Bertz CT molecular complexity index is 1470. The number of amides is 2. The van der Waals surface area contributed by atoms with Crippen molar-refractivity contribution < 1.29 is 18.0 Å². The van der Waals surface area contributed by atoms with E-state index in [-0.39, 0.29) is 28.8 Å². The molecule has 0 saturated heterocycles. The summed E-state index contributed by atoms with van der Waals surface area (Å²) in [6, 6.07) is 18.3. The highest BCUT2D eigenvalue weighted by atomic mass is 35.5. The molecule has 0 radical (unpaired) electrons. The first-order chi connectivity index (χ1) is 18.5. The summed E-state index contributed by atoms with van der Waals surface area (Å²) in [6.07, 6.45) is 1.21. The van der Waals surface area contributed by atoms with E-state index in [9.17, 15) is 18.0 Å². The highest BCUT2D eigenvalue weighted by Gasteiger charge is 2.21. The van der Waals surface area contributed by atoms with Crippen LogP contribution in [0.4, 0.5) is 5.69 Å². The summed E-state index contributed by atoms with van der Waals surface area (Å²) in [6.45, 7) is 1.15. The van der Waals surface area contributed by atoms with Gasteiger partial charge in [-0.3, -0.25) is 9.59 Å². The minimum atomic E-state index is -4.17. The molecule has 0 bridgehead atoms. The summed E-state index contributed by atoms with van der Waals surface area (Å²) < 4.78 is 30.4.